The van der Waals surface area contributed by atoms with Gasteiger partial charge in [0.05, 0.1) is 12.4 Å². The van der Waals surface area contributed by atoms with E-state index < -0.39 is 40.6 Å². The number of carbonyl (C=O) groups excluding carboxylic acids is 1. The summed E-state index contributed by atoms with van der Waals surface area (Å²) < 4.78 is 21.6. The molecule has 0 aliphatic rings. The van der Waals surface area contributed by atoms with E-state index in [4.69, 9.17) is 11.6 Å². The van der Waals surface area contributed by atoms with Crippen LogP contribution in [0.1, 0.15) is 46.2 Å². The zero-order valence-electron chi connectivity index (χ0n) is 18.4. The summed E-state index contributed by atoms with van der Waals surface area (Å²) in [5.74, 6) is -3.12. The Kier molecular flexibility index (Phi) is 6.20. The van der Waals surface area contributed by atoms with E-state index in [-0.39, 0.29) is 11.5 Å². The maximum absolute atomic E-state index is 14.2. The van der Waals surface area contributed by atoms with E-state index >= 15 is 0 Å². The van der Waals surface area contributed by atoms with Gasteiger partial charge in [0.15, 0.2) is 5.69 Å². The van der Waals surface area contributed by atoms with E-state index in [1.165, 1.54) is 37.7 Å². The molecule has 1 amide bonds. The standard InChI is InChI=1S/C22H20ClFN6O4/c1-11(17(12-7-25-29(2)9-12)15-6-13(24)4-5-16(15)23)20-28-18(19(31)22(33)30(20)3)21(32)27-14-8-26-34-10-14/h4-11,17,31H,1-3H3,(H,27,32)/t11-,17+/m0/s1. The Morgan fingerprint density at radius 1 is 1.29 bits per heavy atom. The van der Waals surface area contributed by atoms with Crippen molar-refractivity contribution in [3.8, 4) is 5.75 Å². The van der Waals surface area contributed by atoms with Crippen molar-refractivity contribution in [1.29, 1.82) is 0 Å². The predicted molar refractivity (Wildman–Crippen MR) is 120 cm³/mol. The molecule has 12 heteroatoms. The molecule has 0 saturated heterocycles. The number of hydrogen-bond donors (Lipinski definition) is 2. The highest BCUT2D eigenvalue weighted by molar-refractivity contribution is 6.31. The summed E-state index contributed by atoms with van der Waals surface area (Å²) in [5.41, 5.74) is 0.0885. The zero-order valence-corrected chi connectivity index (χ0v) is 19.1. The van der Waals surface area contributed by atoms with Gasteiger partial charge in [-0.05, 0) is 29.3 Å². The number of carbonyl (C=O) groups is 1. The molecule has 0 unspecified atom stereocenters. The number of amides is 1. The van der Waals surface area contributed by atoms with Crippen molar-refractivity contribution in [2.45, 2.75) is 18.8 Å². The molecule has 176 valence electrons. The van der Waals surface area contributed by atoms with Crippen LogP contribution in [0, 0.1) is 5.82 Å². The van der Waals surface area contributed by atoms with Crippen molar-refractivity contribution < 1.29 is 18.8 Å². The number of aromatic hydroxyl groups is 1. The Morgan fingerprint density at radius 2 is 2.06 bits per heavy atom. The monoisotopic (exact) mass is 486 g/mol. The highest BCUT2D eigenvalue weighted by Gasteiger charge is 2.31. The number of aryl methyl sites for hydroxylation is 1. The van der Waals surface area contributed by atoms with Gasteiger partial charge in [-0.1, -0.05) is 23.7 Å². The molecule has 2 N–H and O–H groups in total. The molecule has 0 spiro atoms. The lowest BCUT2D eigenvalue weighted by Crippen LogP contribution is -2.29. The Morgan fingerprint density at radius 3 is 2.71 bits per heavy atom. The van der Waals surface area contributed by atoms with Crippen LogP contribution in [-0.4, -0.2) is 35.5 Å². The van der Waals surface area contributed by atoms with Crippen LogP contribution in [-0.2, 0) is 14.1 Å². The predicted octanol–water partition coefficient (Wildman–Crippen LogP) is 3.19. The van der Waals surface area contributed by atoms with Gasteiger partial charge in [-0.15, -0.1) is 0 Å². The van der Waals surface area contributed by atoms with E-state index in [1.807, 2.05) is 0 Å². The molecule has 1 aromatic carbocycles. The Balaban J connectivity index is 1.85. The average Bonchev–Trinajstić information content (AvgIpc) is 3.46. The van der Waals surface area contributed by atoms with Crippen molar-refractivity contribution in [2.75, 3.05) is 5.32 Å². The summed E-state index contributed by atoms with van der Waals surface area (Å²) >= 11 is 6.43. The summed E-state index contributed by atoms with van der Waals surface area (Å²) in [7, 11) is 3.16. The first kappa shape index (κ1) is 23.2. The Hall–Kier alpha value is -3.99. The maximum atomic E-state index is 14.2. The van der Waals surface area contributed by atoms with Gasteiger partial charge in [0.2, 0.25) is 5.75 Å². The van der Waals surface area contributed by atoms with Crippen molar-refractivity contribution >= 4 is 23.2 Å². The van der Waals surface area contributed by atoms with Gasteiger partial charge in [0, 0.05) is 37.2 Å². The third-order valence-electron chi connectivity index (χ3n) is 5.49. The Bertz CT molecular complexity index is 1420. The average molecular weight is 487 g/mol. The quantitative estimate of drug-likeness (QED) is 0.428. The van der Waals surface area contributed by atoms with Crippen molar-refractivity contribution in [3.05, 3.63) is 86.9 Å². The lowest BCUT2D eigenvalue weighted by Gasteiger charge is -2.26. The van der Waals surface area contributed by atoms with Crippen LogP contribution in [0.2, 0.25) is 5.02 Å². The molecule has 0 radical (unpaired) electrons. The van der Waals surface area contributed by atoms with E-state index in [1.54, 1.807) is 31.0 Å². The lowest BCUT2D eigenvalue weighted by molar-refractivity contribution is 0.101. The molecule has 34 heavy (non-hydrogen) atoms. The van der Waals surface area contributed by atoms with E-state index in [2.05, 4.69) is 25.1 Å². The molecular weight excluding hydrogens is 467 g/mol. The third-order valence-corrected chi connectivity index (χ3v) is 5.84. The highest BCUT2D eigenvalue weighted by Crippen LogP contribution is 2.40. The summed E-state index contributed by atoms with van der Waals surface area (Å²) in [5, 5.41) is 20.8. The minimum atomic E-state index is -0.825. The van der Waals surface area contributed by atoms with Crippen LogP contribution in [0.5, 0.6) is 5.75 Å². The second kappa shape index (κ2) is 9.10. The van der Waals surface area contributed by atoms with Gasteiger partial charge in [0.1, 0.15) is 23.6 Å². The number of benzene rings is 1. The molecule has 2 atom stereocenters. The number of rotatable bonds is 6. The third kappa shape index (κ3) is 4.29. The zero-order chi connectivity index (χ0) is 24.6. The van der Waals surface area contributed by atoms with Crippen LogP contribution in [0.25, 0.3) is 0 Å². The summed E-state index contributed by atoms with van der Waals surface area (Å²) in [6.07, 6.45) is 5.80. The minimum absolute atomic E-state index is 0.174. The van der Waals surface area contributed by atoms with E-state index in [0.29, 0.717) is 16.1 Å². The first-order valence-electron chi connectivity index (χ1n) is 10.1. The maximum Gasteiger partial charge on any atom is 0.296 e. The van der Waals surface area contributed by atoms with Gasteiger partial charge < -0.3 is 14.9 Å². The largest absolute Gasteiger partial charge is 0.501 e. The topological polar surface area (TPSA) is 128 Å². The number of nitrogens with one attached hydrogen (secondary N) is 1. The molecule has 0 bridgehead atoms. The summed E-state index contributed by atoms with van der Waals surface area (Å²) in [4.78, 5) is 29.9. The smallest absolute Gasteiger partial charge is 0.296 e. The molecule has 0 saturated carbocycles. The van der Waals surface area contributed by atoms with Gasteiger partial charge in [-0.3, -0.25) is 18.8 Å². The van der Waals surface area contributed by atoms with Gasteiger partial charge >= 0.3 is 0 Å². The molecule has 10 nitrogen and oxygen atoms in total. The van der Waals surface area contributed by atoms with Crippen LogP contribution in [0.4, 0.5) is 10.1 Å². The van der Waals surface area contributed by atoms with Crippen molar-refractivity contribution in [2.24, 2.45) is 14.1 Å². The SMILES string of the molecule is C[C@H](c1nc(C(=O)Nc2cnoc2)c(O)c(=O)n1C)[C@H](c1cnn(C)c1)c1cc(F)ccc1Cl. The van der Waals surface area contributed by atoms with Gasteiger partial charge in [-0.25, -0.2) is 9.37 Å². The molecule has 0 aliphatic carbocycles. The second-order valence-electron chi connectivity index (χ2n) is 7.78. The minimum Gasteiger partial charge on any atom is -0.501 e. The number of anilines is 1. The van der Waals surface area contributed by atoms with Crippen LogP contribution in [0.3, 0.4) is 0 Å². The van der Waals surface area contributed by atoms with Crippen LogP contribution in [0.15, 0.2) is 52.4 Å². The molecule has 4 rings (SSSR count). The molecule has 3 aromatic heterocycles. The second-order valence-corrected chi connectivity index (χ2v) is 8.19. The fraction of sp³-hybridized carbons (Fsp3) is 0.227. The highest BCUT2D eigenvalue weighted by atomic mass is 35.5. The lowest BCUT2D eigenvalue weighted by atomic mass is 9.82. The Labute approximate surface area is 197 Å². The van der Waals surface area contributed by atoms with E-state index in [0.717, 1.165) is 4.57 Å². The number of nitrogens with zero attached hydrogens (tertiary/aromatic N) is 5. The summed E-state index contributed by atoms with van der Waals surface area (Å²) in [6.45, 7) is 1.76. The first-order valence-corrected chi connectivity index (χ1v) is 10.5. The van der Waals surface area contributed by atoms with Crippen LogP contribution < -0.4 is 10.9 Å². The normalized spacial score (nSPS) is 13.0. The summed E-state index contributed by atoms with van der Waals surface area (Å²) in [6, 6.07) is 4.01. The van der Waals surface area contributed by atoms with Crippen molar-refractivity contribution in [3.63, 3.8) is 0 Å². The molecular formula is C22H20ClFN6O4. The molecule has 0 aliphatic heterocycles. The van der Waals surface area contributed by atoms with Gasteiger partial charge in [0.25, 0.3) is 11.5 Å². The fourth-order valence-electron chi connectivity index (χ4n) is 3.87. The van der Waals surface area contributed by atoms with E-state index in [9.17, 15) is 19.1 Å². The fourth-order valence-corrected chi connectivity index (χ4v) is 4.10. The molecule has 0 fully saturated rings. The number of hydrogen-bond acceptors (Lipinski definition) is 7. The first-order chi connectivity index (χ1) is 16.2. The van der Waals surface area contributed by atoms with Crippen LogP contribution >= 0.6 is 11.6 Å². The van der Waals surface area contributed by atoms with Crippen molar-refractivity contribution in [1.82, 2.24) is 24.5 Å². The number of aromatic nitrogens is 5. The molecule has 3 heterocycles. The van der Waals surface area contributed by atoms with Gasteiger partial charge in [-0.2, -0.15) is 5.10 Å². The number of halogens is 2. The molecule has 4 aromatic rings.